The van der Waals surface area contributed by atoms with Crippen molar-refractivity contribution in [1.82, 2.24) is 5.32 Å². The van der Waals surface area contributed by atoms with E-state index in [2.05, 4.69) is 11.4 Å². The molecule has 18 heavy (non-hydrogen) atoms. The quantitative estimate of drug-likeness (QED) is 0.824. The number of likely N-dealkylation sites (N-methyl/N-ethyl adjacent to an activating group) is 1. The smallest absolute Gasteiger partial charge is 0.249 e. The Labute approximate surface area is 107 Å². The molecule has 1 atom stereocenters. The predicted molar refractivity (Wildman–Crippen MR) is 70.3 cm³/mol. The van der Waals surface area contributed by atoms with Gasteiger partial charge in [0.05, 0.1) is 11.8 Å². The normalized spacial score (nSPS) is 17.8. The van der Waals surface area contributed by atoms with Crippen LogP contribution in [0.1, 0.15) is 29.7 Å². The lowest BCUT2D eigenvalue weighted by molar-refractivity contribution is -0.119. The van der Waals surface area contributed by atoms with Crippen LogP contribution in [0.15, 0.2) is 12.1 Å². The van der Waals surface area contributed by atoms with E-state index in [9.17, 15) is 4.79 Å². The van der Waals surface area contributed by atoms with E-state index >= 15 is 0 Å². The highest BCUT2D eigenvalue weighted by Crippen LogP contribution is 2.39. The van der Waals surface area contributed by atoms with Crippen molar-refractivity contribution in [2.75, 3.05) is 18.0 Å². The Morgan fingerprint density at radius 3 is 2.78 bits per heavy atom. The average molecular weight is 243 g/mol. The van der Waals surface area contributed by atoms with Crippen molar-refractivity contribution in [1.29, 1.82) is 5.26 Å². The van der Waals surface area contributed by atoms with Crippen molar-refractivity contribution >= 4 is 11.6 Å². The fourth-order valence-electron chi connectivity index (χ4n) is 2.44. The molecule has 0 bridgehead atoms. The second-order valence-electron chi connectivity index (χ2n) is 4.52. The van der Waals surface area contributed by atoms with Crippen LogP contribution < -0.4 is 10.2 Å². The first-order valence-electron chi connectivity index (χ1n) is 6.13. The molecular weight excluding hydrogens is 226 g/mol. The highest BCUT2D eigenvalue weighted by Gasteiger charge is 2.37. The van der Waals surface area contributed by atoms with Crippen molar-refractivity contribution < 1.29 is 4.79 Å². The Hall–Kier alpha value is -1.86. The van der Waals surface area contributed by atoms with Gasteiger partial charge >= 0.3 is 0 Å². The zero-order chi connectivity index (χ0) is 13.3. The van der Waals surface area contributed by atoms with Crippen LogP contribution in [0, 0.1) is 25.2 Å². The van der Waals surface area contributed by atoms with Gasteiger partial charge in [0.25, 0.3) is 0 Å². The zero-order valence-corrected chi connectivity index (χ0v) is 10.9. The van der Waals surface area contributed by atoms with Gasteiger partial charge < -0.3 is 5.32 Å². The summed E-state index contributed by atoms with van der Waals surface area (Å²) in [6.45, 7) is 6.83. The number of hydrogen-bond acceptors (Lipinski definition) is 3. The Bertz CT molecular complexity index is 531. The molecule has 0 aromatic heterocycles. The number of nitrogens with zero attached hydrogens (tertiary/aromatic N) is 2. The second-order valence-corrected chi connectivity index (χ2v) is 4.52. The Morgan fingerprint density at radius 2 is 2.17 bits per heavy atom. The molecule has 1 unspecified atom stereocenters. The molecule has 1 aliphatic rings. The third-order valence-corrected chi connectivity index (χ3v) is 3.46. The summed E-state index contributed by atoms with van der Waals surface area (Å²) in [5, 5.41) is 12.1. The Morgan fingerprint density at radius 1 is 1.44 bits per heavy atom. The fraction of sp³-hybridized carbons (Fsp3) is 0.429. The van der Waals surface area contributed by atoms with Crippen LogP contribution >= 0.6 is 0 Å². The molecule has 0 spiro atoms. The molecular formula is C14H17N3O. The van der Waals surface area contributed by atoms with Crippen LogP contribution in [-0.2, 0) is 4.79 Å². The number of aryl methyl sites for hydroxylation is 1. The standard InChI is InChI=1S/C14H17N3O/c1-4-16-12-11-6-5-9(2)10(3)13(11)17(8-7-15)14(12)18/h5-6,12,16H,4,8H2,1-3H3. The number of rotatable bonds is 3. The summed E-state index contributed by atoms with van der Waals surface area (Å²) in [5.74, 6) is -0.0258. The molecule has 0 saturated heterocycles. The van der Waals surface area contributed by atoms with Crippen molar-refractivity contribution in [2.45, 2.75) is 26.8 Å². The fourth-order valence-corrected chi connectivity index (χ4v) is 2.44. The number of anilines is 1. The predicted octanol–water partition coefficient (Wildman–Crippen LogP) is 1.82. The maximum Gasteiger partial charge on any atom is 0.249 e. The molecule has 0 aliphatic carbocycles. The molecule has 1 aliphatic heterocycles. The minimum Gasteiger partial charge on any atom is -0.302 e. The molecule has 1 amide bonds. The van der Waals surface area contributed by atoms with E-state index in [1.54, 1.807) is 4.90 Å². The van der Waals surface area contributed by atoms with Gasteiger partial charge in [0.2, 0.25) is 5.91 Å². The monoisotopic (exact) mass is 243 g/mol. The van der Waals surface area contributed by atoms with E-state index in [0.717, 1.165) is 28.9 Å². The largest absolute Gasteiger partial charge is 0.302 e. The maximum absolute atomic E-state index is 12.3. The first-order valence-corrected chi connectivity index (χ1v) is 6.13. The number of fused-ring (bicyclic) bond motifs is 1. The van der Waals surface area contributed by atoms with Gasteiger partial charge in [-0.3, -0.25) is 9.69 Å². The lowest BCUT2D eigenvalue weighted by Gasteiger charge is -2.16. The van der Waals surface area contributed by atoms with E-state index < -0.39 is 0 Å². The van der Waals surface area contributed by atoms with Crippen molar-refractivity contribution in [3.05, 3.63) is 28.8 Å². The second kappa shape index (κ2) is 4.79. The van der Waals surface area contributed by atoms with Crippen LogP contribution in [-0.4, -0.2) is 19.0 Å². The van der Waals surface area contributed by atoms with Gasteiger partial charge in [0.1, 0.15) is 12.6 Å². The molecule has 0 saturated carbocycles. The molecule has 0 fully saturated rings. The number of amides is 1. The summed E-state index contributed by atoms with van der Waals surface area (Å²) in [4.78, 5) is 13.9. The van der Waals surface area contributed by atoms with E-state index in [-0.39, 0.29) is 18.5 Å². The van der Waals surface area contributed by atoms with E-state index in [1.807, 2.05) is 32.9 Å². The third kappa shape index (κ3) is 1.77. The first kappa shape index (κ1) is 12.6. The van der Waals surface area contributed by atoms with Gasteiger partial charge in [-0.15, -0.1) is 0 Å². The van der Waals surface area contributed by atoms with Crippen molar-refractivity contribution in [3.63, 3.8) is 0 Å². The van der Waals surface area contributed by atoms with Gasteiger partial charge in [-0.25, -0.2) is 0 Å². The molecule has 94 valence electrons. The zero-order valence-electron chi connectivity index (χ0n) is 10.9. The molecule has 1 aromatic rings. The van der Waals surface area contributed by atoms with Crippen molar-refractivity contribution in [3.8, 4) is 6.07 Å². The number of benzene rings is 1. The lowest BCUT2D eigenvalue weighted by atomic mass is 10.0. The van der Waals surface area contributed by atoms with Gasteiger partial charge in [0, 0.05) is 5.56 Å². The average Bonchev–Trinajstić information content (AvgIpc) is 2.61. The van der Waals surface area contributed by atoms with Gasteiger partial charge in [0.15, 0.2) is 0 Å². The minimum atomic E-state index is -0.308. The number of nitriles is 1. The topological polar surface area (TPSA) is 56.1 Å². The van der Waals surface area contributed by atoms with Gasteiger partial charge in [-0.05, 0) is 31.5 Å². The Kier molecular flexibility index (Phi) is 3.35. The summed E-state index contributed by atoms with van der Waals surface area (Å²) in [5.41, 5.74) is 4.12. The first-order chi connectivity index (χ1) is 8.61. The van der Waals surface area contributed by atoms with Crippen LogP contribution in [0.2, 0.25) is 0 Å². The molecule has 0 radical (unpaired) electrons. The summed E-state index contributed by atoms with van der Waals surface area (Å²) in [6, 6.07) is 5.78. The minimum absolute atomic E-state index is 0.0258. The summed E-state index contributed by atoms with van der Waals surface area (Å²) in [7, 11) is 0. The number of nitrogens with one attached hydrogen (secondary N) is 1. The van der Waals surface area contributed by atoms with Crippen molar-refractivity contribution in [2.24, 2.45) is 0 Å². The van der Waals surface area contributed by atoms with Crippen LogP contribution in [0.5, 0.6) is 0 Å². The van der Waals surface area contributed by atoms with E-state index in [4.69, 9.17) is 5.26 Å². The van der Waals surface area contributed by atoms with Gasteiger partial charge in [-0.2, -0.15) is 5.26 Å². The van der Waals surface area contributed by atoms with E-state index in [0.29, 0.717) is 0 Å². The summed E-state index contributed by atoms with van der Waals surface area (Å²) in [6.07, 6.45) is 0. The van der Waals surface area contributed by atoms with Crippen LogP contribution in [0.4, 0.5) is 5.69 Å². The number of carbonyl (C=O) groups excluding carboxylic acids is 1. The van der Waals surface area contributed by atoms with E-state index in [1.165, 1.54) is 0 Å². The third-order valence-electron chi connectivity index (χ3n) is 3.46. The Balaban J connectivity index is 2.56. The molecule has 2 rings (SSSR count). The molecule has 1 heterocycles. The SMILES string of the molecule is CCNC1C(=O)N(CC#N)c2c1ccc(C)c2C. The highest BCUT2D eigenvalue weighted by atomic mass is 16.2. The summed E-state index contributed by atoms with van der Waals surface area (Å²) < 4.78 is 0. The van der Waals surface area contributed by atoms with Gasteiger partial charge in [-0.1, -0.05) is 19.1 Å². The summed E-state index contributed by atoms with van der Waals surface area (Å²) >= 11 is 0. The molecule has 4 nitrogen and oxygen atoms in total. The molecule has 1 N–H and O–H groups in total. The lowest BCUT2D eigenvalue weighted by Crippen LogP contribution is -2.35. The number of hydrogen-bond donors (Lipinski definition) is 1. The number of carbonyl (C=O) groups is 1. The molecule has 4 heteroatoms. The maximum atomic E-state index is 12.3. The highest BCUT2D eigenvalue weighted by molar-refractivity contribution is 6.05. The molecule has 1 aromatic carbocycles. The van der Waals surface area contributed by atoms with Crippen LogP contribution in [0.3, 0.4) is 0 Å². The van der Waals surface area contributed by atoms with Crippen LogP contribution in [0.25, 0.3) is 0 Å².